The average molecular weight is 558 g/mol. The van der Waals surface area contributed by atoms with Crippen LogP contribution in [0.5, 0.6) is 0 Å². The number of nitrogens with zero attached hydrogens (tertiary/aromatic N) is 1. The van der Waals surface area contributed by atoms with Crippen LogP contribution in [0.3, 0.4) is 0 Å². The van der Waals surface area contributed by atoms with Crippen LogP contribution in [0.25, 0.3) is 0 Å². The van der Waals surface area contributed by atoms with Crippen molar-refractivity contribution >= 4 is 46.8 Å². The number of halogens is 2. The van der Waals surface area contributed by atoms with Crippen molar-refractivity contribution in [3.8, 4) is 0 Å². The summed E-state index contributed by atoms with van der Waals surface area (Å²) in [5.74, 6) is 0.889. The maximum absolute atomic E-state index is 13.7. The zero-order valence-electron chi connectivity index (χ0n) is 21.3. The summed E-state index contributed by atoms with van der Waals surface area (Å²) < 4.78 is 0. The van der Waals surface area contributed by atoms with Gasteiger partial charge in [0, 0.05) is 40.9 Å². The highest BCUT2D eigenvalue weighted by Crippen LogP contribution is 2.24. The molecule has 0 saturated heterocycles. The molecule has 3 aromatic rings. The summed E-state index contributed by atoms with van der Waals surface area (Å²) in [7, 11) is 0. The fraction of sp³-hybridized carbons (Fsp3) is 0.333. The lowest BCUT2D eigenvalue weighted by Gasteiger charge is -2.32. The van der Waals surface area contributed by atoms with E-state index < -0.39 is 6.04 Å². The van der Waals surface area contributed by atoms with E-state index in [1.54, 1.807) is 16.7 Å². The van der Waals surface area contributed by atoms with Gasteiger partial charge in [-0.05, 0) is 59.6 Å². The van der Waals surface area contributed by atoms with E-state index in [-0.39, 0.29) is 18.4 Å². The van der Waals surface area contributed by atoms with Gasteiger partial charge in [-0.3, -0.25) is 9.59 Å². The van der Waals surface area contributed by atoms with Crippen LogP contribution in [0, 0.1) is 5.92 Å². The Balaban J connectivity index is 1.79. The first-order valence-electron chi connectivity index (χ1n) is 12.6. The lowest BCUT2D eigenvalue weighted by molar-refractivity contribution is -0.141. The third kappa shape index (κ3) is 9.73. The maximum atomic E-state index is 13.7. The molecule has 0 spiro atoms. The van der Waals surface area contributed by atoms with Crippen LogP contribution in [0.4, 0.5) is 0 Å². The smallest absolute Gasteiger partial charge is 0.243 e. The Kier molecular flexibility index (Phi) is 11.8. The second-order valence-corrected chi connectivity index (χ2v) is 11.4. The first-order chi connectivity index (χ1) is 17.8. The fourth-order valence-corrected chi connectivity index (χ4v) is 5.05. The molecular weight excluding hydrogens is 523 g/mol. The molecule has 0 aliphatic rings. The van der Waals surface area contributed by atoms with Crippen molar-refractivity contribution in [1.82, 2.24) is 10.2 Å². The van der Waals surface area contributed by atoms with Crippen molar-refractivity contribution in [3.63, 3.8) is 0 Å². The Labute approximate surface area is 234 Å². The van der Waals surface area contributed by atoms with E-state index in [0.29, 0.717) is 41.8 Å². The summed E-state index contributed by atoms with van der Waals surface area (Å²) in [5.41, 5.74) is 1.82. The number of hydrogen-bond donors (Lipinski definition) is 1. The minimum Gasteiger partial charge on any atom is -0.354 e. The number of hydrogen-bond acceptors (Lipinski definition) is 3. The Hall–Kier alpha value is -2.47. The van der Waals surface area contributed by atoms with E-state index in [1.807, 2.05) is 78.9 Å². The lowest BCUT2D eigenvalue weighted by Crippen LogP contribution is -2.51. The Morgan fingerprint density at radius 3 is 2.27 bits per heavy atom. The number of carbonyl (C=O) groups is 2. The molecule has 0 heterocycles. The molecule has 3 aromatic carbocycles. The molecule has 7 heteroatoms. The van der Waals surface area contributed by atoms with Crippen molar-refractivity contribution < 1.29 is 9.59 Å². The molecule has 0 aromatic heterocycles. The molecule has 1 atom stereocenters. The van der Waals surface area contributed by atoms with E-state index in [0.717, 1.165) is 21.8 Å². The van der Waals surface area contributed by atoms with E-state index in [4.69, 9.17) is 23.2 Å². The summed E-state index contributed by atoms with van der Waals surface area (Å²) >= 11 is 14.1. The molecule has 0 saturated carbocycles. The van der Waals surface area contributed by atoms with Gasteiger partial charge in [-0.1, -0.05) is 85.6 Å². The molecule has 0 aliphatic carbocycles. The Morgan fingerprint density at radius 2 is 1.59 bits per heavy atom. The van der Waals surface area contributed by atoms with Crippen LogP contribution >= 0.6 is 35.0 Å². The summed E-state index contributed by atoms with van der Waals surface area (Å²) in [5, 5.41) is 4.34. The van der Waals surface area contributed by atoms with Gasteiger partial charge < -0.3 is 10.2 Å². The van der Waals surface area contributed by atoms with Crippen molar-refractivity contribution in [2.75, 3.05) is 12.3 Å². The molecule has 0 radical (unpaired) electrons. The molecule has 37 heavy (non-hydrogen) atoms. The zero-order valence-corrected chi connectivity index (χ0v) is 23.7. The highest BCUT2D eigenvalue weighted by Gasteiger charge is 2.30. The van der Waals surface area contributed by atoms with Gasteiger partial charge in [0.2, 0.25) is 11.8 Å². The van der Waals surface area contributed by atoms with Gasteiger partial charge in [0.15, 0.2) is 0 Å². The first-order valence-corrected chi connectivity index (χ1v) is 14.3. The summed E-state index contributed by atoms with van der Waals surface area (Å²) in [6, 6.07) is 24.4. The van der Waals surface area contributed by atoms with Crippen LogP contribution in [0.2, 0.25) is 10.0 Å². The molecular formula is C30H34Cl2N2O2S. The third-order valence-electron chi connectivity index (χ3n) is 5.87. The van der Waals surface area contributed by atoms with E-state index in [2.05, 4.69) is 19.2 Å². The van der Waals surface area contributed by atoms with Crippen LogP contribution in [-0.2, 0) is 22.6 Å². The molecule has 0 bridgehead atoms. The monoisotopic (exact) mass is 556 g/mol. The molecule has 3 rings (SSSR count). The Morgan fingerprint density at radius 1 is 0.919 bits per heavy atom. The number of benzene rings is 3. The first kappa shape index (κ1) is 29.1. The number of carbonyl (C=O) groups excluding carboxylic acids is 2. The van der Waals surface area contributed by atoms with Crippen LogP contribution in [0.1, 0.15) is 37.8 Å². The van der Waals surface area contributed by atoms with Crippen molar-refractivity contribution in [2.45, 2.75) is 50.6 Å². The molecule has 1 N–H and O–H groups in total. The lowest BCUT2D eigenvalue weighted by atomic mass is 10.0. The van der Waals surface area contributed by atoms with Gasteiger partial charge in [0.1, 0.15) is 6.04 Å². The fourth-order valence-electron chi connectivity index (χ4n) is 3.87. The third-order valence-corrected chi connectivity index (χ3v) is 7.59. The minimum atomic E-state index is -0.645. The zero-order chi connectivity index (χ0) is 26.6. The molecule has 2 amide bonds. The van der Waals surface area contributed by atoms with Gasteiger partial charge in [-0.25, -0.2) is 0 Å². The SMILES string of the molecule is CC(C)CNC(=O)C(Cc1ccccc1)N(Cc1ccccc1Cl)C(=O)CCCSc1ccc(Cl)cc1. The highest BCUT2D eigenvalue weighted by atomic mass is 35.5. The number of nitrogens with one attached hydrogen (secondary N) is 1. The maximum Gasteiger partial charge on any atom is 0.243 e. The van der Waals surface area contributed by atoms with E-state index in [1.165, 1.54) is 0 Å². The topological polar surface area (TPSA) is 49.4 Å². The normalized spacial score (nSPS) is 11.8. The average Bonchev–Trinajstić information content (AvgIpc) is 2.89. The highest BCUT2D eigenvalue weighted by molar-refractivity contribution is 7.99. The van der Waals surface area contributed by atoms with E-state index in [9.17, 15) is 9.59 Å². The van der Waals surface area contributed by atoms with Gasteiger partial charge in [0.25, 0.3) is 0 Å². The van der Waals surface area contributed by atoms with Gasteiger partial charge in [-0.2, -0.15) is 0 Å². The van der Waals surface area contributed by atoms with Gasteiger partial charge in [-0.15, -0.1) is 11.8 Å². The van der Waals surface area contributed by atoms with Gasteiger partial charge in [0.05, 0.1) is 0 Å². The predicted octanol–water partition coefficient (Wildman–Crippen LogP) is 7.28. The second kappa shape index (κ2) is 15.1. The quantitative estimate of drug-likeness (QED) is 0.178. The van der Waals surface area contributed by atoms with Crippen molar-refractivity contribution in [3.05, 3.63) is 100 Å². The number of thioether (sulfide) groups is 1. The van der Waals surface area contributed by atoms with Gasteiger partial charge >= 0.3 is 0 Å². The second-order valence-electron chi connectivity index (χ2n) is 9.36. The van der Waals surface area contributed by atoms with E-state index >= 15 is 0 Å². The minimum absolute atomic E-state index is 0.0581. The molecule has 1 unspecified atom stereocenters. The molecule has 0 fully saturated rings. The number of amides is 2. The van der Waals surface area contributed by atoms with Crippen molar-refractivity contribution in [2.24, 2.45) is 5.92 Å². The Bertz CT molecular complexity index is 1140. The predicted molar refractivity (Wildman–Crippen MR) is 155 cm³/mol. The summed E-state index contributed by atoms with van der Waals surface area (Å²) in [6.07, 6.45) is 1.46. The molecule has 196 valence electrons. The van der Waals surface area contributed by atoms with Crippen molar-refractivity contribution in [1.29, 1.82) is 0 Å². The summed E-state index contributed by atoms with van der Waals surface area (Å²) in [6.45, 7) is 4.93. The molecule has 0 aliphatic heterocycles. The van der Waals surface area contributed by atoms with Crippen LogP contribution < -0.4 is 5.32 Å². The molecule has 4 nitrogen and oxygen atoms in total. The summed E-state index contributed by atoms with van der Waals surface area (Å²) in [4.78, 5) is 29.9. The standard InChI is InChI=1S/C30H34Cl2N2O2S/c1-22(2)20-33-30(36)28(19-23-9-4-3-5-10-23)34(21-24-11-6-7-12-27(24)32)29(35)13-8-18-37-26-16-14-25(31)15-17-26/h3-7,9-12,14-17,22,28H,8,13,18-21H2,1-2H3,(H,33,36). The largest absolute Gasteiger partial charge is 0.354 e. The van der Waals surface area contributed by atoms with Crippen LogP contribution in [0.15, 0.2) is 83.8 Å². The number of rotatable bonds is 13. The van der Waals surface area contributed by atoms with Crippen LogP contribution in [-0.4, -0.2) is 35.1 Å².